The van der Waals surface area contributed by atoms with Gasteiger partial charge < -0.3 is 5.73 Å². The topological polar surface area (TPSA) is 48.0 Å². The number of hydrogen-bond acceptors (Lipinski definition) is 1. The van der Waals surface area contributed by atoms with Crippen molar-refractivity contribution in [2.45, 2.75) is 13.8 Å². The summed E-state index contributed by atoms with van der Waals surface area (Å²) in [6.45, 7) is 3.82. The first-order valence-electron chi connectivity index (χ1n) is 4.59. The normalized spacial score (nSPS) is 10.9. The lowest BCUT2D eigenvalue weighted by atomic mass is 10.2. The molecule has 1 heterocycles. The fourth-order valence-corrected chi connectivity index (χ4v) is 2.00. The van der Waals surface area contributed by atoms with E-state index < -0.39 is 6.03 Å². The number of halogens is 1. The molecule has 1 aromatic carbocycles. The molecule has 1 amide bonds. The van der Waals surface area contributed by atoms with Crippen LogP contribution in [-0.2, 0) is 0 Å². The number of aromatic nitrogens is 1. The van der Waals surface area contributed by atoms with Gasteiger partial charge in [-0.25, -0.2) is 4.79 Å². The fourth-order valence-electron chi connectivity index (χ4n) is 1.83. The zero-order valence-corrected chi connectivity index (χ0v) is 9.30. The quantitative estimate of drug-likeness (QED) is 0.732. The Kier molecular flexibility index (Phi) is 2.20. The largest absolute Gasteiger partial charge is 0.351 e. The highest BCUT2D eigenvalue weighted by Crippen LogP contribution is 2.27. The van der Waals surface area contributed by atoms with E-state index >= 15 is 0 Å². The Balaban J connectivity index is 2.93. The Morgan fingerprint density at radius 1 is 1.40 bits per heavy atom. The minimum atomic E-state index is -0.465. The van der Waals surface area contributed by atoms with Crippen molar-refractivity contribution in [1.82, 2.24) is 4.57 Å². The maximum absolute atomic E-state index is 11.3. The van der Waals surface area contributed by atoms with Crippen LogP contribution in [0.4, 0.5) is 4.79 Å². The number of carbonyl (C=O) groups excluding carboxylic acids is 1. The van der Waals surface area contributed by atoms with E-state index in [0.717, 1.165) is 22.2 Å². The van der Waals surface area contributed by atoms with Gasteiger partial charge in [0.1, 0.15) is 0 Å². The molecular formula is C11H11ClN2O. The van der Waals surface area contributed by atoms with Gasteiger partial charge in [0.15, 0.2) is 0 Å². The number of nitrogens with two attached hydrogens (primary N) is 1. The molecule has 0 spiro atoms. The molecule has 78 valence electrons. The lowest BCUT2D eigenvalue weighted by molar-refractivity contribution is 0.251. The summed E-state index contributed by atoms with van der Waals surface area (Å²) < 4.78 is 1.50. The zero-order valence-electron chi connectivity index (χ0n) is 8.54. The molecule has 15 heavy (non-hydrogen) atoms. The zero-order chi connectivity index (χ0) is 11.2. The van der Waals surface area contributed by atoms with Gasteiger partial charge in [0.05, 0.1) is 5.52 Å². The second-order valence-electron chi connectivity index (χ2n) is 3.55. The van der Waals surface area contributed by atoms with Crippen LogP contribution in [0.5, 0.6) is 0 Å². The van der Waals surface area contributed by atoms with Gasteiger partial charge >= 0.3 is 6.03 Å². The van der Waals surface area contributed by atoms with E-state index in [1.165, 1.54) is 4.57 Å². The van der Waals surface area contributed by atoms with Crippen molar-refractivity contribution in [3.05, 3.63) is 34.5 Å². The molecular weight excluding hydrogens is 212 g/mol. The smallest absolute Gasteiger partial charge is 0.323 e. The van der Waals surface area contributed by atoms with Crippen LogP contribution in [0.1, 0.15) is 11.3 Å². The molecule has 0 radical (unpaired) electrons. The van der Waals surface area contributed by atoms with Crippen LogP contribution in [0.25, 0.3) is 10.9 Å². The molecule has 0 unspecified atom stereocenters. The van der Waals surface area contributed by atoms with Gasteiger partial charge in [-0.3, -0.25) is 4.57 Å². The molecule has 3 nitrogen and oxygen atoms in total. The Hall–Kier alpha value is -1.48. The Morgan fingerprint density at radius 3 is 2.67 bits per heavy atom. The van der Waals surface area contributed by atoms with Crippen molar-refractivity contribution in [2.75, 3.05) is 0 Å². The van der Waals surface area contributed by atoms with Crippen molar-refractivity contribution in [2.24, 2.45) is 5.73 Å². The molecule has 0 atom stereocenters. The Labute approximate surface area is 92.4 Å². The molecule has 0 bridgehead atoms. The van der Waals surface area contributed by atoms with Gasteiger partial charge in [-0.2, -0.15) is 0 Å². The minimum Gasteiger partial charge on any atom is -0.351 e. The van der Waals surface area contributed by atoms with E-state index in [1.54, 1.807) is 6.07 Å². The first-order valence-corrected chi connectivity index (χ1v) is 4.97. The molecule has 0 fully saturated rings. The van der Waals surface area contributed by atoms with Crippen molar-refractivity contribution in [3.63, 3.8) is 0 Å². The van der Waals surface area contributed by atoms with Gasteiger partial charge in [-0.1, -0.05) is 11.6 Å². The lowest BCUT2D eigenvalue weighted by Gasteiger charge is -2.01. The number of aryl methyl sites for hydroxylation is 1. The maximum Gasteiger partial charge on any atom is 0.323 e. The van der Waals surface area contributed by atoms with Gasteiger partial charge in [0.25, 0.3) is 0 Å². The standard InChI is InChI=1S/C11H11ClN2O/c1-6-7(2)14(11(13)15)10-4-3-8(12)5-9(6)10/h3-5H,1-2H3,(H2,13,15). The minimum absolute atomic E-state index is 0.465. The predicted octanol–water partition coefficient (Wildman–Crippen LogP) is 2.84. The average molecular weight is 223 g/mol. The lowest BCUT2D eigenvalue weighted by Crippen LogP contribution is -2.20. The van der Waals surface area contributed by atoms with Crippen LogP contribution in [-0.4, -0.2) is 10.6 Å². The molecule has 0 aliphatic carbocycles. The van der Waals surface area contributed by atoms with Gasteiger partial charge in [0.2, 0.25) is 0 Å². The molecule has 0 aliphatic heterocycles. The number of amides is 1. The van der Waals surface area contributed by atoms with E-state index in [0.29, 0.717) is 5.02 Å². The number of nitrogens with zero attached hydrogens (tertiary/aromatic N) is 1. The molecule has 2 N–H and O–H groups in total. The van der Waals surface area contributed by atoms with E-state index in [-0.39, 0.29) is 0 Å². The first kappa shape index (κ1) is 10.1. The van der Waals surface area contributed by atoms with E-state index in [4.69, 9.17) is 17.3 Å². The number of rotatable bonds is 0. The highest BCUT2D eigenvalue weighted by Gasteiger charge is 2.13. The monoisotopic (exact) mass is 222 g/mol. The summed E-state index contributed by atoms with van der Waals surface area (Å²) in [4.78, 5) is 11.3. The van der Waals surface area contributed by atoms with Crippen LogP contribution in [0.15, 0.2) is 18.2 Å². The Bertz CT molecular complexity index is 557. The third-order valence-electron chi connectivity index (χ3n) is 2.70. The second-order valence-corrected chi connectivity index (χ2v) is 3.98. The highest BCUT2D eigenvalue weighted by atomic mass is 35.5. The summed E-state index contributed by atoms with van der Waals surface area (Å²) in [6, 6.07) is 4.94. The number of benzene rings is 1. The summed E-state index contributed by atoms with van der Waals surface area (Å²) in [5.74, 6) is 0. The van der Waals surface area contributed by atoms with E-state index in [9.17, 15) is 4.79 Å². The second kappa shape index (κ2) is 3.28. The van der Waals surface area contributed by atoms with Crippen LogP contribution in [0, 0.1) is 13.8 Å². The predicted molar refractivity (Wildman–Crippen MR) is 61.4 cm³/mol. The maximum atomic E-state index is 11.3. The van der Waals surface area contributed by atoms with Crippen LogP contribution in [0.3, 0.4) is 0 Å². The van der Waals surface area contributed by atoms with Crippen LogP contribution >= 0.6 is 11.6 Å². The van der Waals surface area contributed by atoms with Gasteiger partial charge in [0, 0.05) is 16.1 Å². The first-order chi connectivity index (χ1) is 7.02. The van der Waals surface area contributed by atoms with Gasteiger partial charge in [-0.15, -0.1) is 0 Å². The molecule has 4 heteroatoms. The van der Waals surface area contributed by atoms with Crippen molar-refractivity contribution >= 4 is 28.5 Å². The number of hydrogen-bond donors (Lipinski definition) is 1. The van der Waals surface area contributed by atoms with Gasteiger partial charge in [-0.05, 0) is 37.6 Å². The van der Waals surface area contributed by atoms with Crippen LogP contribution < -0.4 is 5.73 Å². The van der Waals surface area contributed by atoms with E-state index in [1.807, 2.05) is 26.0 Å². The summed E-state index contributed by atoms with van der Waals surface area (Å²) >= 11 is 5.91. The molecule has 0 saturated carbocycles. The van der Waals surface area contributed by atoms with Crippen molar-refractivity contribution in [3.8, 4) is 0 Å². The third-order valence-corrected chi connectivity index (χ3v) is 2.94. The number of carbonyl (C=O) groups is 1. The summed E-state index contributed by atoms with van der Waals surface area (Å²) in [7, 11) is 0. The SMILES string of the molecule is Cc1c(C)n(C(N)=O)c2ccc(Cl)cc12. The third kappa shape index (κ3) is 1.39. The molecule has 2 rings (SSSR count). The van der Waals surface area contributed by atoms with Crippen molar-refractivity contribution in [1.29, 1.82) is 0 Å². The van der Waals surface area contributed by atoms with E-state index in [2.05, 4.69) is 0 Å². The van der Waals surface area contributed by atoms with Crippen LogP contribution in [0.2, 0.25) is 5.02 Å². The molecule has 2 aromatic rings. The molecule has 1 aromatic heterocycles. The summed E-state index contributed by atoms with van der Waals surface area (Å²) in [6.07, 6.45) is 0. The summed E-state index contributed by atoms with van der Waals surface area (Å²) in [5, 5.41) is 1.63. The highest BCUT2D eigenvalue weighted by molar-refractivity contribution is 6.31. The van der Waals surface area contributed by atoms with Crippen molar-refractivity contribution < 1.29 is 4.79 Å². The Morgan fingerprint density at radius 2 is 2.07 bits per heavy atom. The fraction of sp³-hybridized carbons (Fsp3) is 0.182. The number of fused-ring (bicyclic) bond motifs is 1. The summed E-state index contributed by atoms with van der Waals surface area (Å²) in [5.41, 5.74) is 8.02. The average Bonchev–Trinajstić information content (AvgIpc) is 2.41. The molecule has 0 saturated heterocycles. The number of primary amides is 1. The molecule has 0 aliphatic rings.